The molecule has 0 atom stereocenters. The summed E-state index contributed by atoms with van der Waals surface area (Å²) >= 11 is 0. The first kappa shape index (κ1) is 14.0. The zero-order valence-corrected chi connectivity index (χ0v) is 12.1. The Morgan fingerprint density at radius 1 is 1.18 bits per heavy atom. The lowest BCUT2D eigenvalue weighted by molar-refractivity contribution is 0.412. The summed E-state index contributed by atoms with van der Waals surface area (Å²) in [4.78, 5) is 0. The Morgan fingerprint density at radius 2 is 2.00 bits per heavy atom. The van der Waals surface area contributed by atoms with Crippen molar-refractivity contribution in [3.05, 3.63) is 41.7 Å². The highest BCUT2D eigenvalue weighted by Crippen LogP contribution is 2.35. The number of rotatable bonds is 3. The number of aromatic amines is 1. The lowest BCUT2D eigenvalue weighted by Crippen LogP contribution is -1.96. The van der Waals surface area contributed by atoms with Gasteiger partial charge in [-0.05, 0) is 58.3 Å². The molecule has 7 heteroatoms. The van der Waals surface area contributed by atoms with E-state index in [2.05, 4.69) is 20.6 Å². The molecule has 0 aliphatic heterocycles. The summed E-state index contributed by atoms with van der Waals surface area (Å²) in [6, 6.07) is 8.50. The Labute approximate surface area is 126 Å². The van der Waals surface area contributed by atoms with Gasteiger partial charge in [-0.25, -0.2) is 9.49 Å². The maximum atomic E-state index is 13.9. The van der Waals surface area contributed by atoms with Crippen molar-refractivity contribution in [1.82, 2.24) is 20.6 Å². The standard InChI is InChI=1S/C15H14FN5O/c1-8-5-9(3-4-14(8)22-2)10-6-12(16)13(17)7-11(10)15-18-20-21-19-15/h3-7H,17H2,1-2H3,(H,18,19,20,21). The predicted molar refractivity (Wildman–Crippen MR) is 80.7 cm³/mol. The van der Waals surface area contributed by atoms with Gasteiger partial charge in [0, 0.05) is 5.56 Å². The second-order valence-electron chi connectivity index (χ2n) is 4.85. The molecule has 2 aromatic carbocycles. The number of methoxy groups -OCH3 is 1. The van der Waals surface area contributed by atoms with Crippen LogP contribution < -0.4 is 10.5 Å². The molecule has 22 heavy (non-hydrogen) atoms. The summed E-state index contributed by atoms with van der Waals surface area (Å²) in [7, 11) is 1.61. The first-order chi connectivity index (χ1) is 10.6. The number of nitrogen functional groups attached to an aromatic ring is 1. The highest BCUT2D eigenvalue weighted by atomic mass is 19.1. The van der Waals surface area contributed by atoms with E-state index in [9.17, 15) is 4.39 Å². The third-order valence-electron chi connectivity index (χ3n) is 3.44. The molecular weight excluding hydrogens is 285 g/mol. The number of aryl methyl sites for hydroxylation is 1. The molecule has 0 bridgehead atoms. The van der Waals surface area contributed by atoms with Gasteiger partial charge in [0.1, 0.15) is 11.6 Å². The number of halogens is 1. The number of H-pyrrole nitrogens is 1. The summed E-state index contributed by atoms with van der Waals surface area (Å²) in [5.41, 5.74) is 8.76. The zero-order valence-electron chi connectivity index (χ0n) is 12.1. The van der Waals surface area contributed by atoms with E-state index in [4.69, 9.17) is 10.5 Å². The average molecular weight is 299 g/mol. The van der Waals surface area contributed by atoms with Gasteiger partial charge >= 0.3 is 0 Å². The molecular formula is C15H14FN5O. The topological polar surface area (TPSA) is 89.7 Å². The van der Waals surface area contributed by atoms with Crippen LogP contribution in [0, 0.1) is 12.7 Å². The summed E-state index contributed by atoms with van der Waals surface area (Å²) < 4.78 is 19.2. The highest BCUT2D eigenvalue weighted by Gasteiger charge is 2.15. The van der Waals surface area contributed by atoms with Gasteiger partial charge in [0.05, 0.1) is 12.8 Å². The van der Waals surface area contributed by atoms with Crippen LogP contribution in [0.4, 0.5) is 10.1 Å². The van der Waals surface area contributed by atoms with Gasteiger partial charge in [-0.3, -0.25) is 0 Å². The largest absolute Gasteiger partial charge is 0.496 e. The van der Waals surface area contributed by atoms with Crippen molar-refractivity contribution in [2.75, 3.05) is 12.8 Å². The SMILES string of the molecule is COc1ccc(-c2cc(F)c(N)cc2-c2nnn[nH]2)cc1C. The number of nitrogens with zero attached hydrogens (tertiary/aromatic N) is 3. The highest BCUT2D eigenvalue weighted by molar-refractivity contribution is 5.83. The normalized spacial score (nSPS) is 10.7. The minimum atomic E-state index is -0.486. The fourth-order valence-electron chi connectivity index (χ4n) is 2.34. The number of aromatic nitrogens is 4. The Hall–Kier alpha value is -2.96. The first-order valence-corrected chi connectivity index (χ1v) is 6.58. The Bertz CT molecular complexity index is 817. The molecule has 3 N–H and O–H groups in total. The second kappa shape index (κ2) is 5.44. The molecule has 0 unspecified atom stereocenters. The van der Waals surface area contributed by atoms with Gasteiger partial charge in [-0.1, -0.05) is 6.07 Å². The molecule has 0 spiro atoms. The van der Waals surface area contributed by atoms with Crippen molar-refractivity contribution in [3.63, 3.8) is 0 Å². The van der Waals surface area contributed by atoms with E-state index < -0.39 is 5.82 Å². The zero-order chi connectivity index (χ0) is 15.7. The van der Waals surface area contributed by atoms with Gasteiger partial charge < -0.3 is 10.5 Å². The van der Waals surface area contributed by atoms with Crippen LogP contribution in [0.25, 0.3) is 22.5 Å². The smallest absolute Gasteiger partial charge is 0.180 e. The van der Waals surface area contributed by atoms with Crippen LogP contribution in [0.2, 0.25) is 0 Å². The van der Waals surface area contributed by atoms with Crippen LogP contribution in [0.1, 0.15) is 5.56 Å². The molecule has 0 saturated carbocycles. The minimum Gasteiger partial charge on any atom is -0.496 e. The van der Waals surface area contributed by atoms with E-state index >= 15 is 0 Å². The molecule has 1 aromatic heterocycles. The molecule has 0 aliphatic carbocycles. The summed E-state index contributed by atoms with van der Waals surface area (Å²) in [6.45, 7) is 1.92. The van der Waals surface area contributed by atoms with Crippen LogP contribution >= 0.6 is 0 Å². The molecule has 1 heterocycles. The van der Waals surface area contributed by atoms with Gasteiger partial charge in [-0.15, -0.1) is 5.10 Å². The third-order valence-corrected chi connectivity index (χ3v) is 3.44. The van der Waals surface area contributed by atoms with Gasteiger partial charge in [0.15, 0.2) is 5.82 Å². The van der Waals surface area contributed by atoms with Crippen LogP contribution in [0.15, 0.2) is 30.3 Å². The van der Waals surface area contributed by atoms with E-state index in [0.717, 1.165) is 16.9 Å². The summed E-state index contributed by atoms with van der Waals surface area (Å²) in [5, 5.41) is 13.7. The number of benzene rings is 2. The molecule has 0 aliphatic rings. The number of hydrogen-bond donors (Lipinski definition) is 2. The molecule has 0 fully saturated rings. The molecule has 6 nitrogen and oxygen atoms in total. The number of nitrogens with one attached hydrogen (secondary N) is 1. The molecule has 3 aromatic rings. The van der Waals surface area contributed by atoms with Crippen molar-refractivity contribution >= 4 is 5.69 Å². The summed E-state index contributed by atoms with van der Waals surface area (Å²) in [6.07, 6.45) is 0. The quantitative estimate of drug-likeness (QED) is 0.725. The number of nitrogens with two attached hydrogens (primary N) is 1. The van der Waals surface area contributed by atoms with E-state index in [-0.39, 0.29) is 5.69 Å². The lowest BCUT2D eigenvalue weighted by Gasteiger charge is -2.12. The lowest BCUT2D eigenvalue weighted by atomic mass is 9.96. The number of tetrazole rings is 1. The number of ether oxygens (including phenoxy) is 1. The number of anilines is 1. The fraction of sp³-hybridized carbons (Fsp3) is 0.133. The van der Waals surface area contributed by atoms with Gasteiger partial charge in [-0.2, -0.15) is 0 Å². The van der Waals surface area contributed by atoms with Crippen LogP contribution in [-0.4, -0.2) is 27.7 Å². The van der Waals surface area contributed by atoms with Crippen LogP contribution in [0.3, 0.4) is 0 Å². The molecule has 0 saturated heterocycles. The molecule has 0 amide bonds. The van der Waals surface area contributed by atoms with E-state index in [0.29, 0.717) is 17.0 Å². The molecule has 3 rings (SSSR count). The van der Waals surface area contributed by atoms with E-state index in [1.807, 2.05) is 25.1 Å². The van der Waals surface area contributed by atoms with Crippen molar-refractivity contribution in [1.29, 1.82) is 0 Å². The van der Waals surface area contributed by atoms with Crippen molar-refractivity contribution < 1.29 is 9.13 Å². The Kier molecular flexibility index (Phi) is 3.46. The van der Waals surface area contributed by atoms with Gasteiger partial charge in [0.25, 0.3) is 0 Å². The Morgan fingerprint density at radius 3 is 2.64 bits per heavy atom. The maximum absolute atomic E-state index is 13.9. The third kappa shape index (κ3) is 2.37. The first-order valence-electron chi connectivity index (χ1n) is 6.58. The van der Waals surface area contributed by atoms with Crippen molar-refractivity contribution in [2.45, 2.75) is 6.92 Å². The minimum absolute atomic E-state index is 0.0420. The fourth-order valence-corrected chi connectivity index (χ4v) is 2.34. The van der Waals surface area contributed by atoms with Crippen molar-refractivity contribution in [3.8, 4) is 28.3 Å². The summed E-state index contributed by atoms with van der Waals surface area (Å²) in [5.74, 6) is 0.706. The van der Waals surface area contributed by atoms with E-state index in [1.165, 1.54) is 12.1 Å². The molecule has 112 valence electrons. The maximum Gasteiger partial charge on any atom is 0.180 e. The monoisotopic (exact) mass is 299 g/mol. The second-order valence-corrected chi connectivity index (χ2v) is 4.85. The van der Waals surface area contributed by atoms with E-state index in [1.54, 1.807) is 7.11 Å². The predicted octanol–water partition coefficient (Wildman–Crippen LogP) is 2.57. The van der Waals surface area contributed by atoms with Crippen molar-refractivity contribution in [2.24, 2.45) is 0 Å². The average Bonchev–Trinajstić information content (AvgIpc) is 3.03. The number of hydrogen-bond acceptors (Lipinski definition) is 5. The van der Waals surface area contributed by atoms with Crippen LogP contribution in [-0.2, 0) is 0 Å². The van der Waals surface area contributed by atoms with Gasteiger partial charge in [0.2, 0.25) is 0 Å². The molecule has 0 radical (unpaired) electrons. The van der Waals surface area contributed by atoms with Crippen LogP contribution in [0.5, 0.6) is 5.75 Å². The Balaban J connectivity index is 2.21.